The zero-order chi connectivity index (χ0) is 15.4. The highest BCUT2D eigenvalue weighted by atomic mass is 35.5. The number of phenolic OH excluding ortho intramolecular Hbond substituents is 1. The molecule has 1 atom stereocenters. The van der Waals surface area contributed by atoms with Gasteiger partial charge in [0.25, 0.3) is 0 Å². The Hall–Kier alpha value is -2.20. The molecule has 21 heavy (non-hydrogen) atoms. The molecule has 5 heteroatoms. The summed E-state index contributed by atoms with van der Waals surface area (Å²) in [5, 5.41) is 19.1. The topological polar surface area (TPSA) is 66.8 Å². The van der Waals surface area contributed by atoms with Crippen molar-refractivity contribution in [2.45, 2.75) is 12.3 Å². The second-order valence-electron chi connectivity index (χ2n) is 4.66. The van der Waals surface area contributed by atoms with Crippen LogP contribution in [0.1, 0.15) is 17.0 Å². The summed E-state index contributed by atoms with van der Waals surface area (Å²) >= 11 is 6.05. The van der Waals surface area contributed by atoms with Crippen molar-refractivity contribution in [2.24, 2.45) is 0 Å². The van der Waals surface area contributed by atoms with Gasteiger partial charge in [-0.25, -0.2) is 0 Å². The zero-order valence-corrected chi connectivity index (χ0v) is 12.2. The van der Waals surface area contributed by atoms with E-state index in [1.165, 1.54) is 19.2 Å². The number of hydrogen-bond donors (Lipinski definition) is 2. The molecule has 0 aromatic heterocycles. The number of ether oxygens (including phenoxy) is 1. The maximum absolute atomic E-state index is 11.5. The minimum absolute atomic E-state index is 0.151. The van der Waals surface area contributed by atoms with Crippen LogP contribution in [0.2, 0.25) is 5.02 Å². The normalized spacial score (nSPS) is 11.9. The summed E-state index contributed by atoms with van der Waals surface area (Å²) in [5.74, 6) is -0.977. The molecule has 0 amide bonds. The van der Waals surface area contributed by atoms with Crippen molar-refractivity contribution in [1.29, 1.82) is 0 Å². The molecular formula is C16H15ClO4. The summed E-state index contributed by atoms with van der Waals surface area (Å²) in [6, 6.07) is 11.4. The number of hydrogen-bond acceptors (Lipinski definition) is 3. The van der Waals surface area contributed by atoms with Crippen molar-refractivity contribution in [3.05, 3.63) is 58.6 Å². The molecular weight excluding hydrogens is 292 g/mol. The number of carboxylic acid groups (broad SMARTS) is 1. The van der Waals surface area contributed by atoms with Gasteiger partial charge in [-0.1, -0.05) is 29.8 Å². The van der Waals surface area contributed by atoms with Gasteiger partial charge in [0.05, 0.1) is 18.1 Å². The standard InChI is InChI=1S/C16H15ClO4/c1-21-15-7-4-11(9-14(15)17)13(16(19)20)8-10-2-5-12(18)6-3-10/h2-7,9,13,18H,8H2,1H3,(H,19,20). The number of carboxylic acids is 1. The van der Waals surface area contributed by atoms with Crippen LogP contribution in [0.4, 0.5) is 0 Å². The van der Waals surface area contributed by atoms with Gasteiger partial charge < -0.3 is 14.9 Å². The van der Waals surface area contributed by atoms with Crippen molar-refractivity contribution >= 4 is 17.6 Å². The van der Waals surface area contributed by atoms with E-state index in [1.807, 2.05) is 0 Å². The lowest BCUT2D eigenvalue weighted by atomic mass is 9.92. The van der Waals surface area contributed by atoms with Gasteiger partial charge in [0, 0.05) is 0 Å². The van der Waals surface area contributed by atoms with Gasteiger partial charge in [-0.3, -0.25) is 4.79 Å². The largest absolute Gasteiger partial charge is 0.508 e. The summed E-state index contributed by atoms with van der Waals surface area (Å²) < 4.78 is 5.06. The fraction of sp³-hybridized carbons (Fsp3) is 0.188. The molecule has 110 valence electrons. The highest BCUT2D eigenvalue weighted by molar-refractivity contribution is 6.32. The van der Waals surface area contributed by atoms with Crippen LogP contribution >= 0.6 is 11.6 Å². The summed E-state index contributed by atoms with van der Waals surface area (Å²) in [6.07, 6.45) is 0.318. The maximum Gasteiger partial charge on any atom is 0.311 e. The number of aliphatic carboxylic acids is 1. The van der Waals surface area contributed by atoms with Gasteiger partial charge in [0.2, 0.25) is 0 Å². The van der Waals surface area contributed by atoms with Crippen molar-refractivity contribution < 1.29 is 19.7 Å². The number of methoxy groups -OCH3 is 1. The molecule has 0 saturated carbocycles. The van der Waals surface area contributed by atoms with Gasteiger partial charge >= 0.3 is 5.97 Å². The summed E-state index contributed by atoms with van der Waals surface area (Å²) in [7, 11) is 1.51. The van der Waals surface area contributed by atoms with E-state index >= 15 is 0 Å². The Bertz CT molecular complexity index is 637. The van der Waals surface area contributed by atoms with Gasteiger partial charge in [0.15, 0.2) is 0 Å². The zero-order valence-electron chi connectivity index (χ0n) is 11.4. The van der Waals surface area contributed by atoms with E-state index in [0.29, 0.717) is 22.8 Å². The first kappa shape index (κ1) is 15.2. The fourth-order valence-electron chi connectivity index (χ4n) is 2.11. The smallest absolute Gasteiger partial charge is 0.311 e. The molecule has 2 aromatic carbocycles. The van der Waals surface area contributed by atoms with Gasteiger partial charge in [-0.15, -0.1) is 0 Å². The molecule has 0 heterocycles. The molecule has 0 aliphatic rings. The van der Waals surface area contributed by atoms with E-state index in [4.69, 9.17) is 16.3 Å². The second-order valence-corrected chi connectivity index (χ2v) is 5.06. The molecule has 0 aliphatic heterocycles. The van der Waals surface area contributed by atoms with E-state index in [2.05, 4.69) is 0 Å². The van der Waals surface area contributed by atoms with Crippen LogP contribution in [0.3, 0.4) is 0 Å². The molecule has 0 spiro atoms. The first-order chi connectivity index (χ1) is 10.0. The van der Waals surface area contributed by atoms with E-state index in [9.17, 15) is 15.0 Å². The van der Waals surface area contributed by atoms with Crippen molar-refractivity contribution in [1.82, 2.24) is 0 Å². The minimum Gasteiger partial charge on any atom is -0.508 e. The van der Waals surface area contributed by atoms with Crippen LogP contribution in [-0.2, 0) is 11.2 Å². The van der Waals surface area contributed by atoms with Gasteiger partial charge in [-0.05, 0) is 41.8 Å². The molecule has 0 bridgehead atoms. The Morgan fingerprint density at radius 3 is 2.43 bits per heavy atom. The Morgan fingerprint density at radius 2 is 1.90 bits per heavy atom. The number of halogens is 1. The Kier molecular flexibility index (Phi) is 4.70. The Balaban J connectivity index is 2.28. The van der Waals surface area contributed by atoms with E-state index < -0.39 is 11.9 Å². The Labute approximate surface area is 127 Å². The van der Waals surface area contributed by atoms with E-state index in [1.54, 1.807) is 30.3 Å². The summed E-state index contributed by atoms with van der Waals surface area (Å²) in [4.78, 5) is 11.5. The van der Waals surface area contributed by atoms with Crippen LogP contribution in [-0.4, -0.2) is 23.3 Å². The predicted octanol–water partition coefficient (Wildman–Crippen LogP) is 3.47. The van der Waals surface area contributed by atoms with Crippen LogP contribution in [0.25, 0.3) is 0 Å². The highest BCUT2D eigenvalue weighted by Crippen LogP contribution is 2.30. The average Bonchev–Trinajstić information content (AvgIpc) is 2.46. The first-order valence-electron chi connectivity index (χ1n) is 6.35. The van der Waals surface area contributed by atoms with Crippen LogP contribution < -0.4 is 4.74 Å². The molecule has 0 aliphatic carbocycles. The van der Waals surface area contributed by atoms with Gasteiger partial charge in [-0.2, -0.15) is 0 Å². The quantitative estimate of drug-likeness (QED) is 0.887. The maximum atomic E-state index is 11.5. The average molecular weight is 307 g/mol. The number of rotatable bonds is 5. The molecule has 2 aromatic rings. The molecule has 0 fully saturated rings. The lowest BCUT2D eigenvalue weighted by Gasteiger charge is -2.14. The number of benzene rings is 2. The van der Waals surface area contributed by atoms with Crippen LogP contribution in [0.15, 0.2) is 42.5 Å². The number of carbonyl (C=O) groups is 1. The van der Waals surface area contributed by atoms with Crippen molar-refractivity contribution in [3.8, 4) is 11.5 Å². The van der Waals surface area contributed by atoms with E-state index in [0.717, 1.165) is 5.56 Å². The minimum atomic E-state index is -0.927. The molecule has 1 unspecified atom stereocenters. The summed E-state index contributed by atoms with van der Waals surface area (Å²) in [5.41, 5.74) is 1.44. The number of aromatic hydroxyl groups is 1. The van der Waals surface area contributed by atoms with Crippen LogP contribution in [0, 0.1) is 0 Å². The van der Waals surface area contributed by atoms with E-state index in [-0.39, 0.29) is 5.75 Å². The lowest BCUT2D eigenvalue weighted by molar-refractivity contribution is -0.138. The molecule has 0 radical (unpaired) electrons. The lowest BCUT2D eigenvalue weighted by Crippen LogP contribution is -2.14. The SMILES string of the molecule is COc1ccc(C(Cc2ccc(O)cc2)C(=O)O)cc1Cl. The Morgan fingerprint density at radius 1 is 1.24 bits per heavy atom. The first-order valence-corrected chi connectivity index (χ1v) is 6.73. The molecule has 4 nitrogen and oxygen atoms in total. The fourth-order valence-corrected chi connectivity index (χ4v) is 2.38. The molecule has 2 N–H and O–H groups in total. The van der Waals surface area contributed by atoms with Crippen molar-refractivity contribution in [2.75, 3.05) is 7.11 Å². The third-order valence-electron chi connectivity index (χ3n) is 3.25. The number of phenols is 1. The molecule has 0 saturated heterocycles. The van der Waals surface area contributed by atoms with Gasteiger partial charge in [0.1, 0.15) is 11.5 Å². The third kappa shape index (κ3) is 3.67. The second kappa shape index (κ2) is 6.50. The van der Waals surface area contributed by atoms with Crippen molar-refractivity contribution in [3.63, 3.8) is 0 Å². The van der Waals surface area contributed by atoms with Crippen LogP contribution in [0.5, 0.6) is 11.5 Å². The predicted molar refractivity (Wildman–Crippen MR) is 80.2 cm³/mol. The highest BCUT2D eigenvalue weighted by Gasteiger charge is 2.21. The molecule has 2 rings (SSSR count). The monoisotopic (exact) mass is 306 g/mol. The third-order valence-corrected chi connectivity index (χ3v) is 3.55. The summed E-state index contributed by atoms with van der Waals surface area (Å²) in [6.45, 7) is 0.